The molecule has 0 saturated heterocycles. The Balaban J connectivity index is 2.08. The number of carboxylic acids is 1. The van der Waals surface area contributed by atoms with Crippen LogP contribution in [0.4, 0.5) is 0 Å². The van der Waals surface area contributed by atoms with Crippen LogP contribution in [0.3, 0.4) is 0 Å². The van der Waals surface area contributed by atoms with Gasteiger partial charge in [0.1, 0.15) is 0 Å². The molecule has 2 nitrogen and oxygen atoms in total. The zero-order valence-corrected chi connectivity index (χ0v) is 5.42. The molecular weight excluding hydrogens is 116 g/mol. The van der Waals surface area contributed by atoms with E-state index in [1.54, 1.807) is 0 Å². The first kappa shape index (κ1) is 6.33. The van der Waals surface area contributed by atoms with Crippen molar-refractivity contribution < 1.29 is 9.90 Å². The van der Waals surface area contributed by atoms with E-state index in [2.05, 4.69) is 13.0 Å². The molecule has 0 heterocycles. The number of rotatable bonds is 3. The fourth-order valence-electron chi connectivity index (χ4n) is 0.835. The van der Waals surface area contributed by atoms with Gasteiger partial charge in [-0.2, -0.15) is 0 Å². The lowest BCUT2D eigenvalue weighted by molar-refractivity contribution is -0.136. The SMILES string of the molecule is CC1C=C1CCC(=O)O. The zero-order valence-electron chi connectivity index (χ0n) is 5.42. The molecule has 1 unspecified atom stereocenters. The molecule has 1 aliphatic rings. The third kappa shape index (κ3) is 1.88. The average Bonchev–Trinajstić information content (AvgIpc) is 2.42. The maximum Gasteiger partial charge on any atom is 0.303 e. The second kappa shape index (κ2) is 2.21. The summed E-state index contributed by atoms with van der Waals surface area (Å²) in [5.74, 6) is -0.112. The second-order valence-electron chi connectivity index (χ2n) is 2.42. The number of aliphatic carboxylic acids is 1. The van der Waals surface area contributed by atoms with E-state index < -0.39 is 5.97 Å². The first-order valence-electron chi connectivity index (χ1n) is 3.12. The summed E-state index contributed by atoms with van der Waals surface area (Å²) in [7, 11) is 0. The van der Waals surface area contributed by atoms with Crippen LogP contribution in [0.5, 0.6) is 0 Å². The average molecular weight is 126 g/mol. The van der Waals surface area contributed by atoms with Gasteiger partial charge in [-0.15, -0.1) is 0 Å². The standard InChI is InChI=1S/C7H10O2/c1-5-4-6(5)2-3-7(8)9/h4-5H,2-3H2,1H3,(H,8,9). The minimum Gasteiger partial charge on any atom is -0.481 e. The molecule has 1 rings (SSSR count). The van der Waals surface area contributed by atoms with Crippen LogP contribution in [0.15, 0.2) is 11.6 Å². The van der Waals surface area contributed by atoms with Gasteiger partial charge in [-0.05, 0) is 12.3 Å². The molecule has 0 saturated carbocycles. The lowest BCUT2D eigenvalue weighted by atomic mass is 10.2. The van der Waals surface area contributed by atoms with Crippen LogP contribution >= 0.6 is 0 Å². The summed E-state index contributed by atoms with van der Waals surface area (Å²) < 4.78 is 0. The third-order valence-corrected chi connectivity index (χ3v) is 1.57. The van der Waals surface area contributed by atoms with Crippen LogP contribution in [-0.4, -0.2) is 11.1 Å². The van der Waals surface area contributed by atoms with Crippen LogP contribution in [0.1, 0.15) is 19.8 Å². The minimum absolute atomic E-state index is 0.288. The molecule has 2 heteroatoms. The predicted molar refractivity (Wildman–Crippen MR) is 34.1 cm³/mol. The fraction of sp³-hybridized carbons (Fsp3) is 0.571. The largest absolute Gasteiger partial charge is 0.481 e. The van der Waals surface area contributed by atoms with Crippen LogP contribution in [0.25, 0.3) is 0 Å². The van der Waals surface area contributed by atoms with Gasteiger partial charge in [0.15, 0.2) is 0 Å². The van der Waals surface area contributed by atoms with E-state index in [0.717, 1.165) is 6.42 Å². The van der Waals surface area contributed by atoms with Gasteiger partial charge in [0, 0.05) is 6.42 Å². The van der Waals surface area contributed by atoms with Gasteiger partial charge in [0.25, 0.3) is 0 Å². The molecule has 50 valence electrons. The minimum atomic E-state index is -0.699. The highest BCUT2D eigenvalue weighted by molar-refractivity contribution is 5.67. The predicted octanol–water partition coefficient (Wildman–Crippen LogP) is 1.43. The number of carboxylic acid groups (broad SMARTS) is 1. The summed E-state index contributed by atoms with van der Waals surface area (Å²) in [6, 6.07) is 0. The van der Waals surface area contributed by atoms with Gasteiger partial charge in [-0.3, -0.25) is 4.79 Å². The highest BCUT2D eigenvalue weighted by Crippen LogP contribution is 2.31. The normalized spacial score (nSPS) is 23.2. The smallest absolute Gasteiger partial charge is 0.303 e. The van der Waals surface area contributed by atoms with Crippen molar-refractivity contribution in [2.75, 3.05) is 0 Å². The Hall–Kier alpha value is -0.790. The van der Waals surface area contributed by atoms with E-state index in [9.17, 15) is 4.79 Å². The molecular formula is C7H10O2. The lowest BCUT2D eigenvalue weighted by Gasteiger charge is -1.88. The van der Waals surface area contributed by atoms with Gasteiger partial charge in [0.2, 0.25) is 0 Å². The van der Waals surface area contributed by atoms with Gasteiger partial charge in [-0.25, -0.2) is 0 Å². The van der Waals surface area contributed by atoms with E-state index in [0.29, 0.717) is 5.92 Å². The summed E-state index contributed by atoms with van der Waals surface area (Å²) in [4.78, 5) is 10.0. The molecule has 0 bridgehead atoms. The molecule has 0 aliphatic heterocycles. The molecule has 0 aromatic carbocycles. The third-order valence-electron chi connectivity index (χ3n) is 1.57. The molecule has 0 spiro atoms. The zero-order chi connectivity index (χ0) is 6.85. The Kier molecular flexibility index (Phi) is 1.56. The van der Waals surface area contributed by atoms with Crippen LogP contribution in [0, 0.1) is 5.92 Å². The van der Waals surface area contributed by atoms with E-state index in [-0.39, 0.29) is 6.42 Å². The lowest BCUT2D eigenvalue weighted by Crippen LogP contribution is -1.92. The molecule has 0 aromatic rings. The highest BCUT2D eigenvalue weighted by atomic mass is 16.4. The van der Waals surface area contributed by atoms with Gasteiger partial charge in [-0.1, -0.05) is 18.6 Å². The van der Waals surface area contributed by atoms with Crippen LogP contribution in [0.2, 0.25) is 0 Å². The summed E-state index contributed by atoms with van der Waals surface area (Å²) in [6.45, 7) is 2.08. The monoisotopic (exact) mass is 126 g/mol. The Labute approximate surface area is 54.2 Å². The maximum atomic E-state index is 10.0. The topological polar surface area (TPSA) is 37.3 Å². The summed E-state index contributed by atoms with van der Waals surface area (Å²) >= 11 is 0. The number of hydrogen-bond donors (Lipinski definition) is 1. The highest BCUT2D eigenvalue weighted by Gasteiger charge is 2.18. The Morgan fingerprint density at radius 1 is 1.89 bits per heavy atom. The van der Waals surface area contributed by atoms with Gasteiger partial charge in [0.05, 0.1) is 0 Å². The van der Waals surface area contributed by atoms with Gasteiger partial charge < -0.3 is 5.11 Å². The number of carbonyl (C=O) groups is 1. The Bertz CT molecular complexity index is 158. The molecule has 1 atom stereocenters. The molecule has 0 aromatic heterocycles. The van der Waals surface area contributed by atoms with Crippen molar-refractivity contribution in [2.45, 2.75) is 19.8 Å². The van der Waals surface area contributed by atoms with Crippen molar-refractivity contribution >= 4 is 5.97 Å². The maximum absolute atomic E-state index is 10.0. The van der Waals surface area contributed by atoms with E-state index >= 15 is 0 Å². The van der Waals surface area contributed by atoms with Crippen molar-refractivity contribution in [3.63, 3.8) is 0 Å². The van der Waals surface area contributed by atoms with Crippen molar-refractivity contribution in [3.05, 3.63) is 11.6 Å². The summed E-state index contributed by atoms with van der Waals surface area (Å²) in [6.07, 6.45) is 3.13. The van der Waals surface area contributed by atoms with Crippen molar-refractivity contribution in [1.82, 2.24) is 0 Å². The van der Waals surface area contributed by atoms with Crippen LogP contribution in [-0.2, 0) is 4.79 Å². The molecule has 0 radical (unpaired) electrons. The first-order valence-corrected chi connectivity index (χ1v) is 3.12. The second-order valence-corrected chi connectivity index (χ2v) is 2.42. The molecule has 0 fully saturated rings. The fourth-order valence-corrected chi connectivity index (χ4v) is 0.835. The molecule has 9 heavy (non-hydrogen) atoms. The van der Waals surface area contributed by atoms with Crippen molar-refractivity contribution in [2.24, 2.45) is 5.92 Å². The quantitative estimate of drug-likeness (QED) is 0.581. The molecule has 1 aliphatic carbocycles. The van der Waals surface area contributed by atoms with Crippen molar-refractivity contribution in [1.29, 1.82) is 0 Å². The first-order chi connectivity index (χ1) is 4.20. The number of hydrogen-bond acceptors (Lipinski definition) is 1. The van der Waals surface area contributed by atoms with E-state index in [4.69, 9.17) is 5.11 Å². The van der Waals surface area contributed by atoms with Gasteiger partial charge >= 0.3 is 5.97 Å². The van der Waals surface area contributed by atoms with E-state index in [1.807, 2.05) is 0 Å². The summed E-state index contributed by atoms with van der Waals surface area (Å²) in [5.41, 5.74) is 1.30. The molecule has 1 N–H and O–H groups in total. The van der Waals surface area contributed by atoms with E-state index in [1.165, 1.54) is 5.57 Å². The Morgan fingerprint density at radius 3 is 2.78 bits per heavy atom. The van der Waals surface area contributed by atoms with Crippen LogP contribution < -0.4 is 0 Å². The summed E-state index contributed by atoms with van der Waals surface area (Å²) in [5, 5.41) is 8.25. The Morgan fingerprint density at radius 2 is 2.44 bits per heavy atom. The van der Waals surface area contributed by atoms with Crippen molar-refractivity contribution in [3.8, 4) is 0 Å². The molecule has 0 amide bonds. The number of allylic oxidation sites excluding steroid dienone is 2.